The topological polar surface area (TPSA) is 29.3 Å². The van der Waals surface area contributed by atoms with Crippen molar-refractivity contribution in [1.29, 1.82) is 0 Å². The number of nitrogens with two attached hydrogens (primary N) is 1. The van der Waals surface area contributed by atoms with Crippen LogP contribution in [0.25, 0.3) is 0 Å². The van der Waals surface area contributed by atoms with Gasteiger partial charge in [-0.05, 0) is 45.4 Å². The number of rotatable bonds is 1. The van der Waals surface area contributed by atoms with E-state index in [0.717, 1.165) is 12.5 Å². The van der Waals surface area contributed by atoms with Gasteiger partial charge < -0.3 is 10.6 Å². The zero-order valence-corrected chi connectivity index (χ0v) is 8.14. The first kappa shape index (κ1) is 10.9. The highest BCUT2D eigenvalue weighted by molar-refractivity contribution is 4.69. The maximum absolute atomic E-state index is 5.53. The fourth-order valence-electron chi connectivity index (χ4n) is 1.30. The van der Waals surface area contributed by atoms with E-state index < -0.39 is 0 Å². The van der Waals surface area contributed by atoms with Gasteiger partial charge in [0.05, 0.1) is 0 Å². The molecule has 1 aliphatic heterocycles. The quantitative estimate of drug-likeness (QED) is 0.623. The lowest BCUT2D eigenvalue weighted by atomic mass is 9.98. The van der Waals surface area contributed by atoms with Gasteiger partial charge in [0.25, 0.3) is 0 Å². The van der Waals surface area contributed by atoms with Crippen LogP contribution < -0.4 is 5.73 Å². The average Bonchev–Trinajstić information content (AvgIpc) is 2.10. The van der Waals surface area contributed by atoms with Gasteiger partial charge in [0.1, 0.15) is 0 Å². The van der Waals surface area contributed by atoms with Gasteiger partial charge in [0.15, 0.2) is 0 Å². The van der Waals surface area contributed by atoms with Gasteiger partial charge >= 0.3 is 0 Å². The lowest BCUT2D eigenvalue weighted by Crippen LogP contribution is -2.33. The van der Waals surface area contributed by atoms with Crippen molar-refractivity contribution in [2.45, 2.75) is 26.7 Å². The minimum atomic E-state index is 0.807. The van der Waals surface area contributed by atoms with Gasteiger partial charge in [0.2, 0.25) is 0 Å². The maximum Gasteiger partial charge on any atom is -0.00187 e. The SMILES string of the molecule is CC.CN1CCC(CN)CC1. The summed E-state index contributed by atoms with van der Waals surface area (Å²) in [6.07, 6.45) is 2.60. The molecular weight excluding hydrogens is 136 g/mol. The summed E-state index contributed by atoms with van der Waals surface area (Å²) >= 11 is 0. The molecule has 0 radical (unpaired) electrons. The largest absolute Gasteiger partial charge is 0.330 e. The molecule has 1 fully saturated rings. The van der Waals surface area contributed by atoms with E-state index in [1.165, 1.54) is 25.9 Å². The van der Waals surface area contributed by atoms with Gasteiger partial charge in [0, 0.05) is 0 Å². The van der Waals surface area contributed by atoms with Crippen molar-refractivity contribution < 1.29 is 0 Å². The summed E-state index contributed by atoms with van der Waals surface area (Å²) in [6.45, 7) is 7.36. The molecular formula is C9H22N2. The van der Waals surface area contributed by atoms with E-state index in [0.29, 0.717) is 0 Å². The van der Waals surface area contributed by atoms with Crippen molar-refractivity contribution in [3.8, 4) is 0 Å². The van der Waals surface area contributed by atoms with E-state index in [-0.39, 0.29) is 0 Å². The van der Waals surface area contributed by atoms with Crippen LogP contribution in [0.1, 0.15) is 26.7 Å². The van der Waals surface area contributed by atoms with Crippen LogP contribution in [-0.4, -0.2) is 31.6 Å². The lowest BCUT2D eigenvalue weighted by Gasteiger charge is -2.27. The molecule has 0 aliphatic carbocycles. The van der Waals surface area contributed by atoms with Crippen molar-refractivity contribution in [3.05, 3.63) is 0 Å². The van der Waals surface area contributed by atoms with Crippen molar-refractivity contribution in [2.75, 3.05) is 26.7 Å². The van der Waals surface area contributed by atoms with E-state index in [1.54, 1.807) is 0 Å². The predicted octanol–water partition coefficient (Wildman–Crippen LogP) is 1.31. The highest BCUT2D eigenvalue weighted by Gasteiger charge is 2.13. The molecule has 1 saturated heterocycles. The van der Waals surface area contributed by atoms with Crippen molar-refractivity contribution >= 4 is 0 Å². The second kappa shape index (κ2) is 6.62. The van der Waals surface area contributed by atoms with E-state index in [4.69, 9.17) is 5.73 Å². The van der Waals surface area contributed by atoms with Gasteiger partial charge in [-0.25, -0.2) is 0 Å². The Kier molecular flexibility index (Phi) is 6.57. The summed E-state index contributed by atoms with van der Waals surface area (Å²) in [5.74, 6) is 0.807. The van der Waals surface area contributed by atoms with Crippen LogP contribution in [0.3, 0.4) is 0 Å². The summed E-state index contributed by atoms with van der Waals surface area (Å²) < 4.78 is 0. The number of piperidine rings is 1. The maximum atomic E-state index is 5.53. The molecule has 2 heteroatoms. The third-order valence-electron chi connectivity index (χ3n) is 2.17. The number of hydrogen-bond donors (Lipinski definition) is 1. The number of nitrogens with zero attached hydrogens (tertiary/aromatic N) is 1. The summed E-state index contributed by atoms with van der Waals surface area (Å²) in [5.41, 5.74) is 5.53. The second-order valence-corrected chi connectivity index (χ2v) is 2.98. The van der Waals surface area contributed by atoms with Gasteiger partial charge in [-0.3, -0.25) is 0 Å². The van der Waals surface area contributed by atoms with Gasteiger partial charge in [-0.2, -0.15) is 0 Å². The van der Waals surface area contributed by atoms with Crippen LogP contribution in [-0.2, 0) is 0 Å². The Hall–Kier alpha value is -0.0800. The second-order valence-electron chi connectivity index (χ2n) is 2.98. The van der Waals surface area contributed by atoms with Crippen molar-refractivity contribution in [1.82, 2.24) is 4.90 Å². The number of likely N-dealkylation sites (tertiary alicyclic amines) is 1. The molecule has 1 rings (SSSR count). The van der Waals surface area contributed by atoms with Gasteiger partial charge in [-0.15, -0.1) is 0 Å². The van der Waals surface area contributed by atoms with Crippen LogP contribution in [0.4, 0.5) is 0 Å². The van der Waals surface area contributed by atoms with Crippen molar-refractivity contribution in [3.63, 3.8) is 0 Å². The summed E-state index contributed by atoms with van der Waals surface area (Å²) in [5, 5.41) is 0. The van der Waals surface area contributed by atoms with Crippen LogP contribution in [0.5, 0.6) is 0 Å². The first-order chi connectivity index (χ1) is 5.33. The van der Waals surface area contributed by atoms with E-state index in [1.807, 2.05) is 13.8 Å². The Morgan fingerprint density at radius 1 is 1.27 bits per heavy atom. The highest BCUT2D eigenvalue weighted by Crippen LogP contribution is 2.13. The molecule has 0 unspecified atom stereocenters. The van der Waals surface area contributed by atoms with Gasteiger partial charge in [-0.1, -0.05) is 13.8 Å². The Labute approximate surface area is 70.8 Å². The zero-order chi connectivity index (χ0) is 8.69. The van der Waals surface area contributed by atoms with Crippen LogP contribution in [0, 0.1) is 5.92 Å². The highest BCUT2D eigenvalue weighted by atomic mass is 15.1. The third kappa shape index (κ3) is 4.38. The van der Waals surface area contributed by atoms with E-state index in [2.05, 4.69) is 11.9 Å². The molecule has 68 valence electrons. The average molecular weight is 158 g/mol. The zero-order valence-electron chi connectivity index (χ0n) is 8.14. The van der Waals surface area contributed by atoms with E-state index >= 15 is 0 Å². The molecule has 1 aliphatic rings. The number of hydrogen-bond acceptors (Lipinski definition) is 2. The Morgan fingerprint density at radius 2 is 1.73 bits per heavy atom. The molecule has 0 aromatic carbocycles. The molecule has 0 atom stereocenters. The van der Waals surface area contributed by atoms with Crippen LogP contribution in [0.2, 0.25) is 0 Å². The molecule has 2 nitrogen and oxygen atoms in total. The summed E-state index contributed by atoms with van der Waals surface area (Å²) in [7, 11) is 2.17. The molecule has 0 aromatic rings. The fraction of sp³-hybridized carbons (Fsp3) is 1.00. The fourth-order valence-corrected chi connectivity index (χ4v) is 1.30. The summed E-state index contributed by atoms with van der Waals surface area (Å²) in [6, 6.07) is 0. The normalized spacial score (nSPS) is 20.7. The minimum Gasteiger partial charge on any atom is -0.330 e. The molecule has 0 spiro atoms. The lowest BCUT2D eigenvalue weighted by molar-refractivity contribution is 0.223. The predicted molar refractivity (Wildman–Crippen MR) is 50.6 cm³/mol. The third-order valence-corrected chi connectivity index (χ3v) is 2.17. The van der Waals surface area contributed by atoms with E-state index in [9.17, 15) is 0 Å². The smallest absolute Gasteiger partial charge is 0.00187 e. The Balaban J connectivity index is 0.000000461. The molecule has 0 saturated carbocycles. The Morgan fingerprint density at radius 3 is 2.09 bits per heavy atom. The molecule has 2 N–H and O–H groups in total. The monoisotopic (exact) mass is 158 g/mol. The molecule has 0 aromatic heterocycles. The molecule has 1 heterocycles. The first-order valence-corrected chi connectivity index (χ1v) is 4.71. The Bertz CT molecular complexity index is 75.6. The standard InChI is InChI=1S/C7H16N2.C2H6/c1-9-4-2-7(6-8)3-5-9;1-2/h7H,2-6,8H2,1H3;1-2H3. The van der Waals surface area contributed by atoms with Crippen LogP contribution in [0.15, 0.2) is 0 Å². The molecule has 0 amide bonds. The molecule has 0 bridgehead atoms. The molecule has 11 heavy (non-hydrogen) atoms. The van der Waals surface area contributed by atoms with Crippen LogP contribution >= 0.6 is 0 Å². The first-order valence-electron chi connectivity index (χ1n) is 4.71. The summed E-state index contributed by atoms with van der Waals surface area (Å²) in [4.78, 5) is 2.37. The minimum absolute atomic E-state index is 0.807. The van der Waals surface area contributed by atoms with Crippen molar-refractivity contribution in [2.24, 2.45) is 11.7 Å².